The molecule has 3 rings (SSSR count). The zero-order valence-electron chi connectivity index (χ0n) is 15.5. The summed E-state index contributed by atoms with van der Waals surface area (Å²) in [6.07, 6.45) is 6.78. The molecule has 2 aromatic rings. The van der Waals surface area contributed by atoms with Crippen molar-refractivity contribution in [2.45, 2.75) is 71.8 Å². The summed E-state index contributed by atoms with van der Waals surface area (Å²) in [4.78, 5) is 21.7. The van der Waals surface area contributed by atoms with E-state index in [9.17, 15) is 4.79 Å². The van der Waals surface area contributed by atoms with E-state index >= 15 is 0 Å². The van der Waals surface area contributed by atoms with Gasteiger partial charge in [-0.1, -0.05) is 20.8 Å². The first-order valence-electron chi connectivity index (χ1n) is 9.30. The van der Waals surface area contributed by atoms with Crippen LogP contribution in [0.5, 0.6) is 0 Å². The summed E-state index contributed by atoms with van der Waals surface area (Å²) >= 11 is 0. The first-order valence-corrected chi connectivity index (χ1v) is 9.30. The lowest BCUT2D eigenvalue weighted by atomic mass is 10.1. The smallest absolute Gasteiger partial charge is 0.261 e. The number of carbonyl (C=O) groups is 1. The fourth-order valence-electron chi connectivity index (χ4n) is 3.28. The molecule has 0 bridgehead atoms. The molecular weight excluding hydrogens is 314 g/mol. The van der Waals surface area contributed by atoms with E-state index in [0.29, 0.717) is 23.5 Å². The number of anilines is 1. The third kappa shape index (κ3) is 3.72. The van der Waals surface area contributed by atoms with Gasteiger partial charge in [0.15, 0.2) is 0 Å². The Kier molecular flexibility index (Phi) is 5.16. The Labute approximate surface area is 149 Å². The molecule has 1 N–H and O–H groups in total. The number of aromatic nitrogens is 4. The molecule has 1 aliphatic carbocycles. The molecule has 0 atom stereocenters. The first-order chi connectivity index (χ1) is 12.1. The Morgan fingerprint density at radius 2 is 2.00 bits per heavy atom. The fourth-order valence-corrected chi connectivity index (χ4v) is 3.28. The van der Waals surface area contributed by atoms with Gasteiger partial charge in [0, 0.05) is 17.3 Å². The monoisotopic (exact) mass is 341 g/mol. The zero-order valence-corrected chi connectivity index (χ0v) is 15.5. The van der Waals surface area contributed by atoms with E-state index in [2.05, 4.69) is 41.2 Å². The van der Waals surface area contributed by atoms with Gasteiger partial charge in [0.05, 0.1) is 23.5 Å². The number of hydrogen-bond donors (Lipinski definition) is 1. The second-order valence-corrected chi connectivity index (χ2v) is 6.76. The van der Waals surface area contributed by atoms with Gasteiger partial charge in [0.25, 0.3) is 5.91 Å². The van der Waals surface area contributed by atoms with Crippen molar-refractivity contribution in [2.24, 2.45) is 0 Å². The zero-order chi connectivity index (χ0) is 18.0. The average molecular weight is 341 g/mol. The third-order valence-electron chi connectivity index (χ3n) is 4.86. The number of hydrogen-bond acceptors (Lipinski definition) is 4. The van der Waals surface area contributed by atoms with Crippen LogP contribution in [0.2, 0.25) is 0 Å². The minimum atomic E-state index is -0.179. The first kappa shape index (κ1) is 17.6. The van der Waals surface area contributed by atoms with Crippen molar-refractivity contribution in [3.8, 4) is 0 Å². The van der Waals surface area contributed by atoms with Crippen LogP contribution in [0.4, 0.5) is 5.95 Å². The Bertz CT molecular complexity index is 759. The number of amides is 1. The predicted octanol–water partition coefficient (Wildman–Crippen LogP) is 4.03. The molecule has 0 spiro atoms. The lowest BCUT2D eigenvalue weighted by molar-refractivity contribution is 0.102. The predicted molar refractivity (Wildman–Crippen MR) is 97.9 cm³/mol. The molecule has 6 heteroatoms. The molecule has 1 saturated carbocycles. The highest BCUT2D eigenvalue weighted by Gasteiger charge is 2.26. The molecule has 2 aromatic heterocycles. The lowest BCUT2D eigenvalue weighted by Crippen LogP contribution is -2.18. The van der Waals surface area contributed by atoms with Crippen LogP contribution in [0, 0.1) is 6.92 Å². The van der Waals surface area contributed by atoms with Crippen molar-refractivity contribution in [3.05, 3.63) is 34.9 Å². The van der Waals surface area contributed by atoms with E-state index in [1.54, 1.807) is 6.20 Å². The highest BCUT2D eigenvalue weighted by Crippen LogP contribution is 2.39. The summed E-state index contributed by atoms with van der Waals surface area (Å²) in [5.41, 5.74) is 3.51. The van der Waals surface area contributed by atoms with E-state index < -0.39 is 0 Å². The maximum absolute atomic E-state index is 12.8. The fraction of sp³-hybridized carbons (Fsp3) is 0.579. The summed E-state index contributed by atoms with van der Waals surface area (Å²) in [7, 11) is 0. The molecule has 0 aromatic carbocycles. The van der Waals surface area contributed by atoms with Gasteiger partial charge in [-0.05, 0) is 45.1 Å². The molecule has 0 saturated heterocycles. The van der Waals surface area contributed by atoms with Crippen LogP contribution >= 0.6 is 0 Å². The van der Waals surface area contributed by atoms with Crippen LogP contribution < -0.4 is 5.32 Å². The van der Waals surface area contributed by atoms with Gasteiger partial charge in [-0.15, -0.1) is 0 Å². The molecule has 1 amide bonds. The van der Waals surface area contributed by atoms with Crippen LogP contribution in [-0.2, 0) is 6.42 Å². The highest BCUT2D eigenvalue weighted by molar-refractivity contribution is 6.04. The van der Waals surface area contributed by atoms with Crippen molar-refractivity contribution in [1.82, 2.24) is 19.7 Å². The SMILES string of the molecule is CCc1c(C(=O)Nc2nc(C)cc(C3CC3)n2)cnn1C(CC)CC. The largest absolute Gasteiger partial charge is 0.290 e. The molecule has 6 nitrogen and oxygen atoms in total. The Hall–Kier alpha value is -2.24. The summed E-state index contributed by atoms with van der Waals surface area (Å²) in [5, 5.41) is 7.35. The average Bonchev–Trinajstić information content (AvgIpc) is 3.35. The van der Waals surface area contributed by atoms with E-state index in [1.165, 1.54) is 12.8 Å². The molecule has 0 radical (unpaired) electrons. The second-order valence-electron chi connectivity index (χ2n) is 6.76. The van der Waals surface area contributed by atoms with E-state index in [4.69, 9.17) is 0 Å². The van der Waals surface area contributed by atoms with Crippen LogP contribution in [0.25, 0.3) is 0 Å². The van der Waals surface area contributed by atoms with Crippen LogP contribution in [0.15, 0.2) is 12.3 Å². The molecule has 2 heterocycles. The van der Waals surface area contributed by atoms with Gasteiger partial charge in [-0.3, -0.25) is 14.8 Å². The molecule has 0 aliphatic heterocycles. The van der Waals surface area contributed by atoms with Crippen molar-refractivity contribution in [3.63, 3.8) is 0 Å². The van der Waals surface area contributed by atoms with Gasteiger partial charge in [0.1, 0.15) is 0 Å². The van der Waals surface area contributed by atoms with Crippen molar-refractivity contribution in [1.29, 1.82) is 0 Å². The van der Waals surface area contributed by atoms with Crippen LogP contribution in [-0.4, -0.2) is 25.7 Å². The molecule has 25 heavy (non-hydrogen) atoms. The third-order valence-corrected chi connectivity index (χ3v) is 4.86. The molecule has 1 aliphatic rings. The number of nitrogens with zero attached hydrogens (tertiary/aromatic N) is 4. The number of rotatable bonds is 7. The van der Waals surface area contributed by atoms with E-state index in [1.807, 2.05) is 17.7 Å². The van der Waals surface area contributed by atoms with Crippen molar-refractivity contribution < 1.29 is 4.79 Å². The minimum absolute atomic E-state index is 0.179. The van der Waals surface area contributed by atoms with Crippen LogP contribution in [0.1, 0.15) is 85.9 Å². The van der Waals surface area contributed by atoms with Gasteiger partial charge < -0.3 is 0 Å². The normalized spacial score (nSPS) is 14.1. The lowest BCUT2D eigenvalue weighted by Gasteiger charge is -2.16. The standard InChI is InChI=1S/C19H27N5O/c1-5-14(6-2)24-17(7-3)15(11-20-24)18(25)23-19-21-12(4)10-16(22-19)13-8-9-13/h10-11,13-14H,5-9H2,1-4H3,(H,21,22,23,25). The Morgan fingerprint density at radius 1 is 1.28 bits per heavy atom. The van der Waals surface area contributed by atoms with Crippen molar-refractivity contribution >= 4 is 11.9 Å². The number of nitrogens with one attached hydrogen (secondary N) is 1. The van der Waals surface area contributed by atoms with E-state index in [-0.39, 0.29) is 5.91 Å². The molecular formula is C19H27N5O. The summed E-state index contributed by atoms with van der Waals surface area (Å²) in [6, 6.07) is 2.34. The summed E-state index contributed by atoms with van der Waals surface area (Å²) in [6.45, 7) is 8.29. The molecule has 0 unspecified atom stereocenters. The van der Waals surface area contributed by atoms with Gasteiger partial charge in [-0.25, -0.2) is 9.97 Å². The topological polar surface area (TPSA) is 72.7 Å². The molecule has 134 valence electrons. The van der Waals surface area contributed by atoms with Gasteiger partial charge in [-0.2, -0.15) is 5.10 Å². The maximum atomic E-state index is 12.8. The van der Waals surface area contributed by atoms with Crippen LogP contribution in [0.3, 0.4) is 0 Å². The number of aryl methyl sites for hydroxylation is 1. The summed E-state index contributed by atoms with van der Waals surface area (Å²) < 4.78 is 2.00. The molecule has 1 fully saturated rings. The maximum Gasteiger partial charge on any atom is 0.261 e. The van der Waals surface area contributed by atoms with Gasteiger partial charge in [0.2, 0.25) is 5.95 Å². The number of carbonyl (C=O) groups excluding carboxylic acids is 1. The van der Waals surface area contributed by atoms with E-state index in [0.717, 1.165) is 36.3 Å². The minimum Gasteiger partial charge on any atom is -0.290 e. The highest BCUT2D eigenvalue weighted by atomic mass is 16.1. The quantitative estimate of drug-likeness (QED) is 0.825. The summed E-state index contributed by atoms with van der Waals surface area (Å²) in [5.74, 6) is 0.742. The van der Waals surface area contributed by atoms with Gasteiger partial charge >= 0.3 is 0 Å². The van der Waals surface area contributed by atoms with Crippen molar-refractivity contribution in [2.75, 3.05) is 5.32 Å². The Morgan fingerprint density at radius 3 is 2.60 bits per heavy atom. The Balaban J connectivity index is 1.84. The second kappa shape index (κ2) is 7.33.